The predicted molar refractivity (Wildman–Crippen MR) is 101 cm³/mol. The van der Waals surface area contributed by atoms with Crippen LogP contribution in [0.3, 0.4) is 0 Å². The van der Waals surface area contributed by atoms with Gasteiger partial charge in [0.2, 0.25) is 0 Å². The Kier molecular flexibility index (Phi) is 12.1. The lowest BCUT2D eigenvalue weighted by atomic mass is 10.3. The van der Waals surface area contributed by atoms with Crippen LogP contribution in [-0.2, 0) is 22.5 Å². The highest BCUT2D eigenvalue weighted by Crippen LogP contribution is 2.12. The fourth-order valence-corrected chi connectivity index (χ4v) is 2.45. The van der Waals surface area contributed by atoms with Gasteiger partial charge in [0.1, 0.15) is 5.01 Å². The molecule has 0 aliphatic heterocycles. The molecule has 0 saturated carbocycles. The van der Waals surface area contributed by atoms with E-state index in [1.165, 1.54) is 4.88 Å². The van der Waals surface area contributed by atoms with E-state index in [1.807, 2.05) is 13.1 Å². The van der Waals surface area contributed by atoms with Crippen molar-refractivity contribution in [1.82, 2.24) is 15.6 Å². The molecule has 0 amide bonds. The van der Waals surface area contributed by atoms with E-state index < -0.39 is 0 Å². The van der Waals surface area contributed by atoms with Gasteiger partial charge in [-0.2, -0.15) is 0 Å². The first-order chi connectivity index (χ1) is 10.2. The van der Waals surface area contributed by atoms with Crippen LogP contribution in [0.1, 0.15) is 36.6 Å². The number of hydrogen-bond acceptors (Lipinski definition) is 5. The third-order valence-corrected chi connectivity index (χ3v) is 3.88. The fraction of sp³-hybridized carbons (Fsp3) is 0.643. The summed E-state index contributed by atoms with van der Waals surface area (Å²) < 4.78 is 4.87. The first kappa shape index (κ1) is 21.1. The zero-order chi connectivity index (χ0) is 15.5. The molecule has 1 aromatic rings. The topological polar surface area (TPSA) is 75.6 Å². The Morgan fingerprint density at radius 1 is 1.41 bits per heavy atom. The number of thiazole rings is 1. The smallest absolute Gasteiger partial charge is 0.305 e. The number of aryl methyl sites for hydroxylation is 1. The van der Waals surface area contributed by atoms with Crippen molar-refractivity contribution in [3.63, 3.8) is 0 Å². The van der Waals surface area contributed by atoms with Crippen LogP contribution in [0.25, 0.3) is 0 Å². The summed E-state index contributed by atoms with van der Waals surface area (Å²) in [6.45, 7) is 5.70. The highest BCUT2D eigenvalue weighted by atomic mass is 127. The number of nitrogens with one attached hydrogen (secondary N) is 2. The molecule has 0 unspecified atom stereocenters. The van der Waals surface area contributed by atoms with E-state index in [0.29, 0.717) is 32.1 Å². The van der Waals surface area contributed by atoms with Gasteiger partial charge in [0.15, 0.2) is 5.96 Å². The largest absolute Gasteiger partial charge is 0.466 e. The maximum Gasteiger partial charge on any atom is 0.305 e. The molecule has 0 atom stereocenters. The van der Waals surface area contributed by atoms with E-state index in [4.69, 9.17) is 4.74 Å². The molecule has 0 spiro atoms. The number of ether oxygens (including phenoxy) is 1. The lowest BCUT2D eigenvalue weighted by molar-refractivity contribution is -0.143. The predicted octanol–water partition coefficient (Wildman–Crippen LogP) is 2.33. The molecule has 0 bridgehead atoms. The molecule has 2 N–H and O–H groups in total. The van der Waals surface area contributed by atoms with Gasteiger partial charge in [0.05, 0.1) is 13.2 Å². The molecule has 0 fully saturated rings. The minimum Gasteiger partial charge on any atom is -0.466 e. The molecule has 0 saturated heterocycles. The van der Waals surface area contributed by atoms with E-state index in [1.54, 1.807) is 18.4 Å². The second kappa shape index (κ2) is 12.6. The summed E-state index contributed by atoms with van der Waals surface area (Å²) in [5, 5.41) is 7.42. The Morgan fingerprint density at radius 2 is 2.18 bits per heavy atom. The van der Waals surface area contributed by atoms with Crippen molar-refractivity contribution >= 4 is 47.2 Å². The van der Waals surface area contributed by atoms with Crippen molar-refractivity contribution in [1.29, 1.82) is 0 Å². The quantitative estimate of drug-likeness (QED) is 0.213. The Bertz CT molecular complexity index is 465. The minimum atomic E-state index is -0.155. The Balaban J connectivity index is 0.00000441. The van der Waals surface area contributed by atoms with Crippen molar-refractivity contribution in [2.75, 3.05) is 20.2 Å². The third kappa shape index (κ3) is 8.52. The summed E-state index contributed by atoms with van der Waals surface area (Å²) in [6.07, 6.45) is 4.07. The third-order valence-electron chi connectivity index (χ3n) is 2.74. The first-order valence-electron chi connectivity index (χ1n) is 7.23. The van der Waals surface area contributed by atoms with Crippen LogP contribution in [0.4, 0.5) is 0 Å². The van der Waals surface area contributed by atoms with Crippen LogP contribution in [-0.4, -0.2) is 37.1 Å². The number of aliphatic imine (C=N–C) groups is 1. The molecule has 6 nitrogen and oxygen atoms in total. The van der Waals surface area contributed by atoms with E-state index in [9.17, 15) is 4.79 Å². The molecule has 1 aromatic heterocycles. The molecular formula is C14H25IN4O2S. The zero-order valence-corrected chi connectivity index (χ0v) is 16.5. The molecule has 22 heavy (non-hydrogen) atoms. The summed E-state index contributed by atoms with van der Waals surface area (Å²) in [4.78, 5) is 21.0. The summed E-state index contributed by atoms with van der Waals surface area (Å²) in [5.74, 6) is 0.559. The lowest BCUT2D eigenvalue weighted by Crippen LogP contribution is -2.37. The second-order valence-electron chi connectivity index (χ2n) is 4.33. The first-order valence-corrected chi connectivity index (χ1v) is 8.04. The van der Waals surface area contributed by atoms with Gasteiger partial charge in [-0.25, -0.2) is 4.98 Å². The maximum absolute atomic E-state index is 11.2. The van der Waals surface area contributed by atoms with Crippen LogP contribution in [0.5, 0.6) is 0 Å². The van der Waals surface area contributed by atoms with Gasteiger partial charge in [0, 0.05) is 31.1 Å². The summed E-state index contributed by atoms with van der Waals surface area (Å²) >= 11 is 1.71. The van der Waals surface area contributed by atoms with Crippen molar-refractivity contribution < 1.29 is 9.53 Å². The van der Waals surface area contributed by atoms with Gasteiger partial charge in [0.25, 0.3) is 0 Å². The van der Waals surface area contributed by atoms with Crippen LogP contribution in [0.2, 0.25) is 0 Å². The van der Waals surface area contributed by atoms with Crippen molar-refractivity contribution in [3.8, 4) is 0 Å². The highest BCUT2D eigenvalue weighted by Gasteiger charge is 2.04. The number of carbonyl (C=O) groups is 1. The SMILES string of the molecule is CCOC(=O)CCCNC(=NC)NCc1ncc(CC)s1.I. The molecular weight excluding hydrogens is 415 g/mol. The van der Waals surface area contributed by atoms with Crippen molar-refractivity contribution in [2.45, 2.75) is 39.7 Å². The van der Waals surface area contributed by atoms with Crippen molar-refractivity contribution in [3.05, 3.63) is 16.1 Å². The number of esters is 1. The highest BCUT2D eigenvalue weighted by molar-refractivity contribution is 14.0. The summed E-state index contributed by atoms with van der Waals surface area (Å²) in [6, 6.07) is 0. The number of carbonyl (C=O) groups excluding carboxylic acids is 1. The molecule has 8 heteroatoms. The van der Waals surface area contributed by atoms with E-state index in [-0.39, 0.29) is 29.9 Å². The van der Waals surface area contributed by atoms with Crippen molar-refractivity contribution in [2.24, 2.45) is 4.99 Å². The Labute approximate surface area is 153 Å². The Morgan fingerprint density at radius 3 is 2.77 bits per heavy atom. The standard InChI is InChI=1S/C14H24N4O2S.HI/c1-4-11-9-17-12(21-11)10-18-14(15-3)16-8-6-7-13(19)20-5-2;/h9H,4-8,10H2,1-3H3,(H2,15,16,18);1H. The lowest BCUT2D eigenvalue weighted by Gasteiger charge is -2.10. The maximum atomic E-state index is 11.2. The zero-order valence-electron chi connectivity index (χ0n) is 13.3. The molecule has 1 rings (SSSR count). The fourth-order valence-electron chi connectivity index (χ4n) is 1.65. The number of guanidine groups is 1. The van der Waals surface area contributed by atoms with Crippen LogP contribution >= 0.6 is 35.3 Å². The number of aromatic nitrogens is 1. The van der Waals surface area contributed by atoms with Gasteiger partial charge < -0.3 is 15.4 Å². The van der Waals surface area contributed by atoms with Crippen LogP contribution in [0, 0.1) is 0 Å². The van der Waals surface area contributed by atoms with Gasteiger partial charge >= 0.3 is 5.97 Å². The molecule has 0 radical (unpaired) electrons. The summed E-state index contributed by atoms with van der Waals surface area (Å²) in [7, 11) is 1.72. The minimum absolute atomic E-state index is 0. The van der Waals surface area contributed by atoms with E-state index in [0.717, 1.165) is 17.8 Å². The molecule has 0 aromatic carbocycles. The molecule has 0 aliphatic carbocycles. The van der Waals surface area contributed by atoms with Crippen LogP contribution < -0.4 is 10.6 Å². The molecule has 126 valence electrons. The average molecular weight is 440 g/mol. The van der Waals surface area contributed by atoms with Gasteiger partial charge in [-0.3, -0.25) is 9.79 Å². The number of halogens is 1. The summed E-state index contributed by atoms with van der Waals surface area (Å²) in [5.41, 5.74) is 0. The Hall–Kier alpha value is -0.900. The second-order valence-corrected chi connectivity index (χ2v) is 5.53. The normalized spacial score (nSPS) is 10.8. The number of rotatable bonds is 8. The van der Waals surface area contributed by atoms with Gasteiger partial charge in [-0.15, -0.1) is 35.3 Å². The average Bonchev–Trinajstić information content (AvgIpc) is 2.95. The molecule has 0 aliphatic rings. The molecule has 1 heterocycles. The van der Waals surface area contributed by atoms with Gasteiger partial charge in [-0.1, -0.05) is 6.92 Å². The van der Waals surface area contributed by atoms with Gasteiger partial charge in [-0.05, 0) is 19.8 Å². The monoisotopic (exact) mass is 440 g/mol. The van der Waals surface area contributed by atoms with E-state index >= 15 is 0 Å². The van der Waals surface area contributed by atoms with Crippen LogP contribution in [0.15, 0.2) is 11.2 Å². The van der Waals surface area contributed by atoms with E-state index in [2.05, 4.69) is 27.5 Å². The number of nitrogens with zero attached hydrogens (tertiary/aromatic N) is 2. The number of hydrogen-bond donors (Lipinski definition) is 2.